The van der Waals surface area contributed by atoms with Gasteiger partial charge in [0, 0.05) is 5.75 Å². The summed E-state index contributed by atoms with van der Waals surface area (Å²) in [6, 6.07) is 0. The van der Waals surface area contributed by atoms with E-state index in [4.69, 9.17) is 5.73 Å². The lowest BCUT2D eigenvalue weighted by Gasteiger charge is -1.98. The van der Waals surface area contributed by atoms with Gasteiger partial charge >= 0.3 is 0 Å². The lowest BCUT2D eigenvalue weighted by atomic mass is 10.3. The van der Waals surface area contributed by atoms with Crippen molar-refractivity contribution < 1.29 is 0 Å². The van der Waals surface area contributed by atoms with Gasteiger partial charge in [0.15, 0.2) is 5.16 Å². The van der Waals surface area contributed by atoms with E-state index < -0.39 is 0 Å². The molecule has 0 amide bonds. The number of nitrogen functional groups attached to an aromatic ring is 1. The summed E-state index contributed by atoms with van der Waals surface area (Å²) in [5.74, 6) is 1.35. The van der Waals surface area contributed by atoms with Gasteiger partial charge in [-0.25, -0.2) is 9.97 Å². The van der Waals surface area contributed by atoms with E-state index in [2.05, 4.69) is 21.9 Å². The van der Waals surface area contributed by atoms with Crippen molar-refractivity contribution in [3.8, 4) is 0 Å². The third kappa shape index (κ3) is 4.07. The maximum absolute atomic E-state index is 5.41. The van der Waals surface area contributed by atoms with E-state index in [-0.39, 0.29) is 0 Å². The summed E-state index contributed by atoms with van der Waals surface area (Å²) in [5, 5.41) is 0.726. The monoisotopic (exact) mass is 198 g/mol. The molecule has 13 heavy (non-hydrogen) atoms. The fraction of sp³-hybridized carbons (Fsp3) is 0.625. The number of aromatic nitrogens is 3. The van der Waals surface area contributed by atoms with Crippen LogP contribution in [0.2, 0.25) is 0 Å². The summed E-state index contributed by atoms with van der Waals surface area (Å²) in [6.07, 6.45) is 5.14. The molecule has 72 valence electrons. The quantitative estimate of drug-likeness (QED) is 0.576. The van der Waals surface area contributed by atoms with Gasteiger partial charge in [-0.05, 0) is 6.42 Å². The number of thioether (sulfide) groups is 1. The average Bonchev–Trinajstić information content (AvgIpc) is 2.13. The first-order valence-electron chi connectivity index (χ1n) is 4.40. The summed E-state index contributed by atoms with van der Waals surface area (Å²) >= 11 is 1.63. The number of anilines is 1. The van der Waals surface area contributed by atoms with E-state index in [1.165, 1.54) is 25.6 Å². The molecular weight excluding hydrogens is 184 g/mol. The van der Waals surface area contributed by atoms with Crippen LogP contribution in [0.25, 0.3) is 0 Å². The summed E-state index contributed by atoms with van der Waals surface area (Å²) < 4.78 is 0. The summed E-state index contributed by atoms with van der Waals surface area (Å²) in [6.45, 7) is 2.19. The van der Waals surface area contributed by atoms with Crippen LogP contribution in [0.1, 0.15) is 26.2 Å². The van der Waals surface area contributed by atoms with Gasteiger partial charge in [0.05, 0.1) is 0 Å². The SMILES string of the molecule is CCCCCSc1ncnc(N)n1. The van der Waals surface area contributed by atoms with Crippen molar-refractivity contribution in [1.29, 1.82) is 0 Å². The van der Waals surface area contributed by atoms with Gasteiger partial charge in [-0.2, -0.15) is 4.98 Å². The highest BCUT2D eigenvalue weighted by molar-refractivity contribution is 7.99. The second kappa shape index (κ2) is 5.75. The number of hydrogen-bond donors (Lipinski definition) is 1. The summed E-state index contributed by atoms with van der Waals surface area (Å²) in [4.78, 5) is 11.7. The van der Waals surface area contributed by atoms with Gasteiger partial charge in [-0.15, -0.1) is 0 Å². The van der Waals surface area contributed by atoms with Crippen molar-refractivity contribution in [3.05, 3.63) is 6.33 Å². The van der Waals surface area contributed by atoms with Crippen molar-refractivity contribution in [2.75, 3.05) is 11.5 Å². The molecule has 1 aromatic heterocycles. The first-order chi connectivity index (χ1) is 6.33. The van der Waals surface area contributed by atoms with E-state index >= 15 is 0 Å². The number of nitrogens with two attached hydrogens (primary N) is 1. The molecule has 1 aromatic rings. The fourth-order valence-corrected chi connectivity index (χ4v) is 1.69. The van der Waals surface area contributed by atoms with E-state index in [0.29, 0.717) is 5.95 Å². The van der Waals surface area contributed by atoms with Gasteiger partial charge < -0.3 is 5.73 Å². The third-order valence-corrected chi connectivity index (χ3v) is 2.50. The van der Waals surface area contributed by atoms with E-state index in [1.807, 2.05) is 0 Å². The average molecular weight is 198 g/mol. The van der Waals surface area contributed by atoms with E-state index in [1.54, 1.807) is 11.8 Å². The van der Waals surface area contributed by atoms with Crippen molar-refractivity contribution >= 4 is 17.7 Å². The maximum Gasteiger partial charge on any atom is 0.223 e. The molecule has 0 aromatic carbocycles. The zero-order chi connectivity index (χ0) is 9.52. The van der Waals surface area contributed by atoms with Crippen LogP contribution in [0.3, 0.4) is 0 Å². The van der Waals surface area contributed by atoms with Crippen molar-refractivity contribution in [2.24, 2.45) is 0 Å². The molecule has 0 spiro atoms. The zero-order valence-corrected chi connectivity index (χ0v) is 8.55. The van der Waals surface area contributed by atoms with Crippen LogP contribution in [-0.4, -0.2) is 20.7 Å². The van der Waals surface area contributed by atoms with Crippen LogP contribution < -0.4 is 5.73 Å². The molecule has 0 atom stereocenters. The molecule has 4 nitrogen and oxygen atoms in total. The second-order valence-electron chi connectivity index (χ2n) is 2.68. The number of nitrogens with zero attached hydrogens (tertiary/aromatic N) is 3. The Morgan fingerprint density at radius 2 is 2.23 bits per heavy atom. The molecule has 0 aliphatic carbocycles. The lowest BCUT2D eigenvalue weighted by Crippen LogP contribution is -1.97. The Hall–Kier alpha value is -0.840. The summed E-state index contributed by atoms with van der Waals surface area (Å²) in [5.41, 5.74) is 5.41. The van der Waals surface area contributed by atoms with Crippen LogP contribution in [0.15, 0.2) is 11.5 Å². The highest BCUT2D eigenvalue weighted by atomic mass is 32.2. The molecule has 0 aliphatic heterocycles. The molecular formula is C8H14N4S. The first-order valence-corrected chi connectivity index (χ1v) is 5.39. The topological polar surface area (TPSA) is 64.7 Å². The molecule has 5 heteroatoms. The highest BCUT2D eigenvalue weighted by Crippen LogP contribution is 2.14. The molecule has 0 fully saturated rings. The van der Waals surface area contributed by atoms with Crippen LogP contribution in [0.4, 0.5) is 5.95 Å². The van der Waals surface area contributed by atoms with Gasteiger partial charge in [-0.1, -0.05) is 31.5 Å². The number of rotatable bonds is 5. The Balaban J connectivity index is 2.28. The Morgan fingerprint density at radius 1 is 1.38 bits per heavy atom. The largest absolute Gasteiger partial charge is 0.368 e. The van der Waals surface area contributed by atoms with Crippen molar-refractivity contribution in [2.45, 2.75) is 31.3 Å². The zero-order valence-electron chi connectivity index (χ0n) is 7.73. The molecule has 0 bridgehead atoms. The minimum Gasteiger partial charge on any atom is -0.368 e. The lowest BCUT2D eigenvalue weighted by molar-refractivity contribution is 0.776. The minimum absolute atomic E-state index is 0.299. The van der Waals surface area contributed by atoms with Gasteiger partial charge in [0.25, 0.3) is 0 Å². The van der Waals surface area contributed by atoms with E-state index in [9.17, 15) is 0 Å². The Labute approximate surface area is 82.4 Å². The molecule has 2 N–H and O–H groups in total. The smallest absolute Gasteiger partial charge is 0.223 e. The van der Waals surface area contributed by atoms with Gasteiger partial charge in [-0.3, -0.25) is 0 Å². The fourth-order valence-electron chi connectivity index (χ4n) is 0.878. The van der Waals surface area contributed by atoms with E-state index in [0.717, 1.165) is 10.9 Å². The normalized spacial score (nSPS) is 10.2. The summed E-state index contributed by atoms with van der Waals surface area (Å²) in [7, 11) is 0. The van der Waals surface area contributed by atoms with Gasteiger partial charge in [0.1, 0.15) is 6.33 Å². The Bertz CT molecular complexity index is 254. The molecule has 1 rings (SSSR count). The van der Waals surface area contributed by atoms with Crippen LogP contribution in [0, 0.1) is 0 Å². The van der Waals surface area contributed by atoms with Crippen molar-refractivity contribution in [1.82, 2.24) is 15.0 Å². The van der Waals surface area contributed by atoms with Crippen LogP contribution >= 0.6 is 11.8 Å². The molecule has 0 saturated heterocycles. The standard InChI is InChI=1S/C8H14N4S/c1-2-3-4-5-13-8-11-6-10-7(9)12-8/h6H,2-5H2,1H3,(H2,9,10,11,12). The van der Waals surface area contributed by atoms with Gasteiger partial charge in [0.2, 0.25) is 5.95 Å². The molecule has 0 aliphatic rings. The molecule has 1 heterocycles. The molecule has 0 saturated carbocycles. The Morgan fingerprint density at radius 3 is 2.92 bits per heavy atom. The third-order valence-electron chi connectivity index (χ3n) is 1.55. The maximum atomic E-state index is 5.41. The van der Waals surface area contributed by atoms with Crippen LogP contribution in [-0.2, 0) is 0 Å². The predicted octanol–water partition coefficient (Wildman–Crippen LogP) is 1.74. The highest BCUT2D eigenvalue weighted by Gasteiger charge is 1.97. The molecule has 0 radical (unpaired) electrons. The van der Waals surface area contributed by atoms with Crippen molar-refractivity contribution in [3.63, 3.8) is 0 Å². The van der Waals surface area contributed by atoms with Crippen LogP contribution in [0.5, 0.6) is 0 Å². The number of hydrogen-bond acceptors (Lipinski definition) is 5. The second-order valence-corrected chi connectivity index (χ2v) is 3.74. The predicted molar refractivity (Wildman–Crippen MR) is 54.5 cm³/mol. The minimum atomic E-state index is 0.299. The Kier molecular flexibility index (Phi) is 4.53. The number of unbranched alkanes of at least 4 members (excludes halogenated alkanes) is 2. The first kappa shape index (κ1) is 10.2. The molecule has 0 unspecified atom stereocenters.